The number of benzene rings is 2. The van der Waals surface area contributed by atoms with Crippen LogP contribution in [0.15, 0.2) is 54.7 Å². The van der Waals surface area contributed by atoms with E-state index in [1.54, 1.807) is 19.0 Å². The topological polar surface area (TPSA) is 51.4 Å². The first-order valence-corrected chi connectivity index (χ1v) is 9.66. The van der Waals surface area contributed by atoms with E-state index in [2.05, 4.69) is 63.9 Å². The Balaban J connectivity index is 1.93. The molecule has 5 heteroatoms. The van der Waals surface area contributed by atoms with Gasteiger partial charge in [0.2, 0.25) is 5.91 Å². The summed E-state index contributed by atoms with van der Waals surface area (Å²) in [6.45, 7) is 2.60. The standard InChI is InChI=1S/C23H30N4O/c1-16(23(28)27(4)5)24-14-20(17-10-12-18(13-11-17)26(2)3)21-15-25-22-9-7-6-8-19(21)22/h6-13,15-16,20,24-25H,14H2,1-5H3/t16-,20-/m0/s1. The Morgan fingerprint density at radius 1 is 1.04 bits per heavy atom. The second kappa shape index (κ2) is 8.48. The summed E-state index contributed by atoms with van der Waals surface area (Å²) in [7, 11) is 7.67. The van der Waals surface area contributed by atoms with Gasteiger partial charge in [-0.05, 0) is 36.2 Å². The van der Waals surface area contributed by atoms with Crippen LogP contribution >= 0.6 is 0 Å². The second-order valence-electron chi connectivity index (χ2n) is 7.69. The number of hydrogen-bond acceptors (Lipinski definition) is 3. The Morgan fingerprint density at radius 2 is 1.71 bits per heavy atom. The number of para-hydroxylation sites is 1. The lowest BCUT2D eigenvalue weighted by Gasteiger charge is -2.23. The van der Waals surface area contributed by atoms with Crippen LogP contribution < -0.4 is 10.2 Å². The third kappa shape index (κ3) is 4.20. The third-order valence-electron chi connectivity index (χ3n) is 5.25. The van der Waals surface area contributed by atoms with Crippen LogP contribution in [0.4, 0.5) is 5.69 Å². The van der Waals surface area contributed by atoms with E-state index in [1.165, 1.54) is 22.2 Å². The fourth-order valence-electron chi connectivity index (χ4n) is 3.56. The molecule has 2 aromatic carbocycles. The van der Waals surface area contributed by atoms with Crippen molar-refractivity contribution in [3.63, 3.8) is 0 Å². The molecule has 28 heavy (non-hydrogen) atoms. The fourth-order valence-corrected chi connectivity index (χ4v) is 3.56. The van der Waals surface area contributed by atoms with Crippen molar-refractivity contribution >= 4 is 22.5 Å². The zero-order valence-corrected chi connectivity index (χ0v) is 17.4. The number of amides is 1. The van der Waals surface area contributed by atoms with Crippen molar-refractivity contribution in [2.75, 3.05) is 39.6 Å². The van der Waals surface area contributed by atoms with E-state index in [-0.39, 0.29) is 17.9 Å². The van der Waals surface area contributed by atoms with Crippen LogP contribution in [0.25, 0.3) is 10.9 Å². The molecule has 0 aliphatic rings. The Kier molecular flexibility index (Phi) is 6.05. The molecule has 1 amide bonds. The van der Waals surface area contributed by atoms with Gasteiger partial charge in [0, 0.05) is 63.4 Å². The van der Waals surface area contributed by atoms with Gasteiger partial charge in [0.25, 0.3) is 0 Å². The van der Waals surface area contributed by atoms with E-state index in [0.717, 1.165) is 5.52 Å². The number of carbonyl (C=O) groups excluding carboxylic acids is 1. The third-order valence-corrected chi connectivity index (χ3v) is 5.25. The summed E-state index contributed by atoms with van der Waals surface area (Å²) in [5, 5.41) is 4.66. The molecular weight excluding hydrogens is 348 g/mol. The minimum atomic E-state index is -0.233. The Morgan fingerprint density at radius 3 is 2.36 bits per heavy atom. The molecule has 2 N–H and O–H groups in total. The number of aromatic amines is 1. The molecule has 0 aliphatic heterocycles. The highest BCUT2D eigenvalue weighted by molar-refractivity contribution is 5.84. The predicted octanol–water partition coefficient (Wildman–Crippen LogP) is 3.43. The van der Waals surface area contributed by atoms with Crippen molar-refractivity contribution in [2.24, 2.45) is 0 Å². The lowest BCUT2D eigenvalue weighted by atomic mass is 9.90. The van der Waals surface area contributed by atoms with E-state index in [9.17, 15) is 4.79 Å². The van der Waals surface area contributed by atoms with Gasteiger partial charge >= 0.3 is 0 Å². The highest BCUT2D eigenvalue weighted by Crippen LogP contribution is 2.31. The maximum atomic E-state index is 12.3. The van der Waals surface area contributed by atoms with Crippen LogP contribution in [0, 0.1) is 0 Å². The SMILES string of the molecule is C[C@H](NC[C@@H](c1ccc(N(C)C)cc1)c1c[nH]c2ccccc12)C(=O)N(C)C. The number of rotatable bonds is 7. The van der Waals surface area contributed by atoms with Crippen molar-refractivity contribution in [3.05, 3.63) is 65.9 Å². The van der Waals surface area contributed by atoms with Gasteiger partial charge in [-0.25, -0.2) is 0 Å². The van der Waals surface area contributed by atoms with Gasteiger partial charge in [-0.15, -0.1) is 0 Å². The molecule has 3 aromatic rings. The molecule has 5 nitrogen and oxygen atoms in total. The number of nitrogens with one attached hydrogen (secondary N) is 2. The van der Waals surface area contributed by atoms with E-state index in [0.29, 0.717) is 6.54 Å². The summed E-state index contributed by atoms with van der Waals surface area (Å²) in [6.07, 6.45) is 2.09. The average Bonchev–Trinajstić information content (AvgIpc) is 3.11. The van der Waals surface area contributed by atoms with E-state index < -0.39 is 0 Å². The summed E-state index contributed by atoms with van der Waals surface area (Å²) in [4.78, 5) is 19.4. The number of carbonyl (C=O) groups is 1. The first kappa shape index (κ1) is 20.0. The maximum Gasteiger partial charge on any atom is 0.238 e. The van der Waals surface area contributed by atoms with E-state index >= 15 is 0 Å². The zero-order valence-electron chi connectivity index (χ0n) is 17.4. The summed E-state index contributed by atoms with van der Waals surface area (Å²) in [6, 6.07) is 16.8. The molecule has 0 saturated heterocycles. The van der Waals surface area contributed by atoms with Gasteiger partial charge in [-0.2, -0.15) is 0 Å². The summed E-state index contributed by atoms with van der Waals surface area (Å²) < 4.78 is 0. The zero-order chi connectivity index (χ0) is 20.3. The van der Waals surface area contributed by atoms with Gasteiger partial charge in [0.15, 0.2) is 0 Å². The molecular formula is C23H30N4O. The molecule has 2 atom stereocenters. The monoisotopic (exact) mass is 378 g/mol. The first-order valence-electron chi connectivity index (χ1n) is 9.66. The molecule has 0 bridgehead atoms. The number of aromatic nitrogens is 1. The molecule has 3 rings (SSSR count). The minimum absolute atomic E-state index is 0.0839. The van der Waals surface area contributed by atoms with Crippen molar-refractivity contribution < 1.29 is 4.79 Å². The highest BCUT2D eigenvalue weighted by atomic mass is 16.2. The number of hydrogen-bond donors (Lipinski definition) is 2. The van der Waals surface area contributed by atoms with Crippen LogP contribution in [-0.2, 0) is 4.79 Å². The van der Waals surface area contributed by atoms with Crippen molar-refractivity contribution in [1.29, 1.82) is 0 Å². The van der Waals surface area contributed by atoms with Gasteiger partial charge in [0.05, 0.1) is 6.04 Å². The van der Waals surface area contributed by atoms with Gasteiger partial charge < -0.3 is 20.1 Å². The molecule has 0 unspecified atom stereocenters. The lowest BCUT2D eigenvalue weighted by Crippen LogP contribution is -2.43. The van der Waals surface area contributed by atoms with E-state index in [4.69, 9.17) is 0 Å². The Bertz CT molecular complexity index is 927. The van der Waals surface area contributed by atoms with Crippen molar-refractivity contribution in [1.82, 2.24) is 15.2 Å². The molecule has 0 fully saturated rings. The average molecular weight is 379 g/mol. The number of fused-ring (bicyclic) bond motifs is 1. The van der Waals surface area contributed by atoms with Crippen LogP contribution in [0.5, 0.6) is 0 Å². The first-order chi connectivity index (χ1) is 13.4. The second-order valence-corrected chi connectivity index (χ2v) is 7.69. The summed E-state index contributed by atoms with van der Waals surface area (Å²) in [5.74, 6) is 0.227. The van der Waals surface area contributed by atoms with Gasteiger partial charge in [-0.3, -0.25) is 4.79 Å². The molecule has 0 aliphatic carbocycles. The minimum Gasteiger partial charge on any atom is -0.378 e. The molecule has 148 valence electrons. The lowest BCUT2D eigenvalue weighted by molar-refractivity contribution is -0.130. The predicted molar refractivity (Wildman–Crippen MR) is 117 cm³/mol. The normalized spacial score (nSPS) is 13.3. The smallest absolute Gasteiger partial charge is 0.238 e. The Hall–Kier alpha value is -2.79. The summed E-state index contributed by atoms with van der Waals surface area (Å²) >= 11 is 0. The van der Waals surface area contributed by atoms with Crippen LogP contribution in [-0.4, -0.2) is 56.6 Å². The number of likely N-dealkylation sites (N-methyl/N-ethyl adjacent to an activating group) is 1. The number of nitrogens with zero attached hydrogens (tertiary/aromatic N) is 2. The van der Waals surface area contributed by atoms with Crippen molar-refractivity contribution in [3.8, 4) is 0 Å². The van der Waals surface area contributed by atoms with Crippen LogP contribution in [0.3, 0.4) is 0 Å². The number of H-pyrrole nitrogens is 1. The fraction of sp³-hybridized carbons (Fsp3) is 0.348. The van der Waals surface area contributed by atoms with Gasteiger partial charge in [0.1, 0.15) is 0 Å². The van der Waals surface area contributed by atoms with E-state index in [1.807, 2.05) is 27.1 Å². The van der Waals surface area contributed by atoms with Crippen LogP contribution in [0.2, 0.25) is 0 Å². The van der Waals surface area contributed by atoms with Crippen LogP contribution in [0.1, 0.15) is 24.0 Å². The molecule has 1 heterocycles. The number of anilines is 1. The molecule has 0 spiro atoms. The molecule has 0 radical (unpaired) electrons. The Labute approximate surface area is 167 Å². The summed E-state index contributed by atoms with van der Waals surface area (Å²) in [5.41, 5.74) is 4.77. The highest BCUT2D eigenvalue weighted by Gasteiger charge is 2.21. The largest absolute Gasteiger partial charge is 0.378 e. The van der Waals surface area contributed by atoms with Gasteiger partial charge in [-0.1, -0.05) is 30.3 Å². The quantitative estimate of drug-likeness (QED) is 0.662. The molecule has 1 aromatic heterocycles. The molecule has 0 saturated carbocycles. The maximum absolute atomic E-state index is 12.3. The van der Waals surface area contributed by atoms with Crippen molar-refractivity contribution in [2.45, 2.75) is 18.9 Å².